The number of non-ortho nitro benzene ring substituents is 1. The van der Waals surface area contributed by atoms with Crippen LogP contribution in [0.3, 0.4) is 0 Å². The monoisotopic (exact) mass is 384 g/mol. The van der Waals surface area contributed by atoms with Gasteiger partial charge in [-0.1, -0.05) is 0 Å². The second-order valence-corrected chi connectivity index (χ2v) is 6.50. The van der Waals surface area contributed by atoms with E-state index in [1.54, 1.807) is 25.3 Å². The fourth-order valence-electron chi connectivity index (χ4n) is 2.34. The summed E-state index contributed by atoms with van der Waals surface area (Å²) in [7, 11) is 0. The van der Waals surface area contributed by atoms with E-state index in [1.807, 2.05) is 5.38 Å². The summed E-state index contributed by atoms with van der Waals surface area (Å²) in [5.41, 5.74) is 8.55. The molecule has 8 nitrogen and oxygen atoms in total. The number of rotatable bonds is 6. The quantitative estimate of drug-likeness (QED) is 0.287. The maximum Gasteiger partial charge on any atom is 0.269 e. The molecule has 3 aromatic rings. The third kappa shape index (κ3) is 4.33. The number of nitrogens with one attached hydrogen (secondary N) is 2. The molecule has 0 atom stereocenters. The van der Waals surface area contributed by atoms with Crippen molar-refractivity contribution >= 4 is 27.7 Å². The molecule has 138 valence electrons. The van der Waals surface area contributed by atoms with E-state index in [9.17, 15) is 20.3 Å². The Morgan fingerprint density at radius 3 is 2.67 bits per heavy atom. The van der Waals surface area contributed by atoms with Gasteiger partial charge in [-0.15, -0.1) is 11.3 Å². The van der Waals surface area contributed by atoms with Crippen LogP contribution in [-0.2, 0) is 0 Å². The molecule has 0 fully saturated rings. The molecule has 0 aliphatic carbocycles. The van der Waals surface area contributed by atoms with E-state index in [0.29, 0.717) is 22.0 Å². The third-order valence-electron chi connectivity index (χ3n) is 3.75. The molecule has 0 bridgehead atoms. The zero-order valence-corrected chi connectivity index (χ0v) is 15.0. The van der Waals surface area contributed by atoms with Gasteiger partial charge in [0, 0.05) is 34.8 Å². The molecule has 0 saturated heterocycles. The van der Waals surface area contributed by atoms with E-state index < -0.39 is 4.92 Å². The fourth-order valence-corrected chi connectivity index (χ4v) is 3.02. The minimum absolute atomic E-state index is 0.0322. The van der Waals surface area contributed by atoms with Crippen LogP contribution in [0.15, 0.2) is 54.0 Å². The van der Waals surface area contributed by atoms with E-state index >= 15 is 0 Å². The van der Waals surface area contributed by atoms with Crippen LogP contribution in [0.1, 0.15) is 12.5 Å². The van der Waals surface area contributed by atoms with Gasteiger partial charge >= 0.3 is 0 Å². The minimum Gasteiger partial charge on any atom is -0.508 e. The van der Waals surface area contributed by atoms with Crippen molar-refractivity contribution in [2.75, 3.05) is 5.43 Å². The second-order valence-electron chi connectivity index (χ2n) is 5.64. The summed E-state index contributed by atoms with van der Waals surface area (Å²) in [4.78, 5) is 14.7. The zero-order valence-electron chi connectivity index (χ0n) is 14.2. The van der Waals surface area contributed by atoms with Crippen molar-refractivity contribution in [2.45, 2.75) is 6.92 Å². The lowest BCUT2D eigenvalue weighted by molar-refractivity contribution is -0.384. The number of nitro groups is 1. The Morgan fingerprint density at radius 1 is 1.22 bits per heavy atom. The van der Waals surface area contributed by atoms with Crippen molar-refractivity contribution < 1.29 is 15.1 Å². The van der Waals surface area contributed by atoms with Gasteiger partial charge in [-0.3, -0.25) is 15.5 Å². The molecule has 0 radical (unpaired) electrons. The van der Waals surface area contributed by atoms with Crippen LogP contribution in [-0.4, -0.2) is 20.1 Å². The number of hydrogen-bond acceptors (Lipinski definition) is 8. The summed E-state index contributed by atoms with van der Waals surface area (Å²) < 4.78 is 0. The Hall–Kier alpha value is -3.59. The van der Waals surface area contributed by atoms with E-state index in [1.165, 1.54) is 41.7 Å². The first-order valence-corrected chi connectivity index (χ1v) is 8.73. The fraction of sp³-hybridized carbons (Fsp3) is 0.0556. The smallest absolute Gasteiger partial charge is 0.269 e. The highest BCUT2D eigenvalue weighted by atomic mass is 32.1. The molecule has 0 aliphatic rings. The van der Waals surface area contributed by atoms with Crippen LogP contribution in [0.25, 0.3) is 16.8 Å². The zero-order chi connectivity index (χ0) is 19.4. The van der Waals surface area contributed by atoms with Gasteiger partial charge in [-0.2, -0.15) is 0 Å². The number of aromatic hydroxyl groups is 2. The highest BCUT2D eigenvalue weighted by Crippen LogP contribution is 2.28. The minimum atomic E-state index is -0.444. The summed E-state index contributed by atoms with van der Waals surface area (Å²) in [5.74, 6) is 0.134. The first-order valence-electron chi connectivity index (χ1n) is 7.85. The van der Waals surface area contributed by atoms with Gasteiger partial charge in [0.05, 0.1) is 10.6 Å². The largest absolute Gasteiger partial charge is 0.508 e. The Balaban J connectivity index is 1.65. The molecule has 1 heterocycles. The lowest BCUT2D eigenvalue weighted by Gasteiger charge is -2.07. The van der Waals surface area contributed by atoms with Crippen molar-refractivity contribution in [3.8, 4) is 22.8 Å². The number of phenols is 2. The normalized spacial score (nSPS) is 11.2. The molecular formula is C18H16N4O4S. The lowest BCUT2D eigenvalue weighted by atomic mass is 10.1. The molecule has 1 aromatic heterocycles. The van der Waals surface area contributed by atoms with Crippen LogP contribution in [0, 0.1) is 10.1 Å². The number of nitro benzene ring substituents is 1. The predicted octanol–water partition coefficient (Wildman–Crippen LogP) is 4.11. The first-order chi connectivity index (χ1) is 12.9. The number of allylic oxidation sites excluding steroid dienone is 1. The van der Waals surface area contributed by atoms with Gasteiger partial charge in [0.15, 0.2) is 0 Å². The number of benzene rings is 2. The van der Waals surface area contributed by atoms with Crippen molar-refractivity contribution in [1.82, 2.24) is 10.4 Å². The van der Waals surface area contributed by atoms with Gasteiger partial charge in [0.1, 0.15) is 11.5 Å². The molecule has 27 heavy (non-hydrogen) atoms. The number of nitrogens with zero attached hydrogens (tertiary/aromatic N) is 2. The molecule has 0 amide bonds. The number of hydrogen-bond donors (Lipinski definition) is 4. The molecule has 3 rings (SSSR count). The van der Waals surface area contributed by atoms with Crippen LogP contribution in [0.4, 0.5) is 10.8 Å². The molecule has 2 aromatic carbocycles. The summed E-state index contributed by atoms with van der Waals surface area (Å²) in [6.07, 6.45) is 1.64. The van der Waals surface area contributed by atoms with Crippen LogP contribution >= 0.6 is 11.3 Å². The van der Waals surface area contributed by atoms with Crippen molar-refractivity contribution in [2.24, 2.45) is 0 Å². The first kappa shape index (κ1) is 18.2. The third-order valence-corrected chi connectivity index (χ3v) is 4.51. The average Bonchev–Trinajstić information content (AvgIpc) is 3.12. The lowest BCUT2D eigenvalue weighted by Crippen LogP contribution is -2.14. The van der Waals surface area contributed by atoms with Gasteiger partial charge < -0.3 is 15.6 Å². The molecule has 4 N–H and O–H groups in total. The Morgan fingerprint density at radius 2 is 1.96 bits per heavy atom. The highest BCUT2D eigenvalue weighted by Gasteiger charge is 2.08. The second kappa shape index (κ2) is 7.75. The van der Waals surface area contributed by atoms with Crippen molar-refractivity contribution in [3.63, 3.8) is 0 Å². The molecule has 0 aliphatic heterocycles. The molecule has 0 unspecified atom stereocenters. The maximum absolute atomic E-state index is 10.7. The van der Waals surface area contributed by atoms with E-state index in [-0.39, 0.29) is 17.2 Å². The van der Waals surface area contributed by atoms with Gasteiger partial charge in [-0.05, 0) is 42.8 Å². The SMILES string of the molecule is C/C(=C\NNc1nc(-c2ccc([N+](=O)[O-])cc2)cs1)c1cc(O)ccc1O. The summed E-state index contributed by atoms with van der Waals surface area (Å²) >= 11 is 1.37. The molecule has 0 saturated carbocycles. The summed E-state index contributed by atoms with van der Waals surface area (Å²) in [6, 6.07) is 10.5. The average molecular weight is 384 g/mol. The number of aromatic nitrogens is 1. The molecule has 9 heteroatoms. The Labute approximate surface area is 158 Å². The number of thiazole rings is 1. The van der Waals surface area contributed by atoms with Crippen molar-refractivity contribution in [3.05, 3.63) is 69.7 Å². The highest BCUT2D eigenvalue weighted by molar-refractivity contribution is 7.14. The summed E-state index contributed by atoms with van der Waals surface area (Å²) in [5, 5.41) is 32.5. The molecule has 0 spiro atoms. The van der Waals surface area contributed by atoms with Crippen molar-refractivity contribution in [1.29, 1.82) is 0 Å². The standard InChI is InChI=1S/C18H16N4O4S/c1-11(15-8-14(23)6-7-17(15)24)9-19-21-18-20-16(10-27-18)12-2-4-13(5-3-12)22(25)26/h2-10,19,23-24H,1H3,(H,20,21)/b11-9+. The van der Waals surface area contributed by atoms with Gasteiger partial charge in [-0.25, -0.2) is 4.98 Å². The topological polar surface area (TPSA) is 121 Å². The predicted molar refractivity (Wildman–Crippen MR) is 104 cm³/mol. The Bertz CT molecular complexity index is 999. The number of anilines is 1. The van der Waals surface area contributed by atoms with E-state index in [0.717, 1.165) is 5.56 Å². The van der Waals surface area contributed by atoms with E-state index in [4.69, 9.17) is 0 Å². The molecular weight excluding hydrogens is 368 g/mol. The van der Waals surface area contributed by atoms with Crippen LogP contribution < -0.4 is 10.9 Å². The van der Waals surface area contributed by atoms with Gasteiger partial charge in [0.25, 0.3) is 5.69 Å². The van der Waals surface area contributed by atoms with E-state index in [2.05, 4.69) is 15.8 Å². The van der Waals surface area contributed by atoms with Crippen LogP contribution in [0.2, 0.25) is 0 Å². The van der Waals surface area contributed by atoms with Gasteiger partial charge in [0.2, 0.25) is 5.13 Å². The summed E-state index contributed by atoms with van der Waals surface area (Å²) in [6.45, 7) is 1.79. The Kier molecular flexibility index (Phi) is 5.23. The number of phenolic OH excluding ortho intramolecular Hbond substituents is 2. The maximum atomic E-state index is 10.7. The van der Waals surface area contributed by atoms with Crippen LogP contribution in [0.5, 0.6) is 11.5 Å². The number of hydrazine groups is 1.